The number of hydrogen-bond acceptors (Lipinski definition) is 6. The Balaban J connectivity index is 1.88. The molecule has 1 fully saturated rings. The Morgan fingerprint density at radius 2 is 2.16 bits per heavy atom. The molecule has 0 aromatic heterocycles. The summed E-state index contributed by atoms with van der Waals surface area (Å²) in [6, 6.07) is 4.83. The second-order valence-electron chi connectivity index (χ2n) is 6.21. The third kappa shape index (κ3) is 6.56. The Labute approximate surface area is 156 Å². The Morgan fingerprint density at radius 3 is 2.76 bits per heavy atom. The molecule has 1 saturated carbocycles. The highest BCUT2D eigenvalue weighted by Gasteiger charge is 2.31. The number of hydrogen-bond donors (Lipinski definition) is 1. The summed E-state index contributed by atoms with van der Waals surface area (Å²) in [5.41, 5.74) is 0.546. The number of halogens is 1. The zero-order chi connectivity index (χ0) is 18.4. The molecule has 7 nitrogen and oxygen atoms in total. The van der Waals surface area contributed by atoms with Crippen molar-refractivity contribution in [2.24, 2.45) is 11.8 Å². The predicted molar refractivity (Wildman–Crippen MR) is 100 cm³/mol. The van der Waals surface area contributed by atoms with E-state index in [0.717, 1.165) is 23.7 Å². The fraction of sp³-hybridized carbons (Fsp3) is 0.625. The van der Waals surface area contributed by atoms with Crippen LogP contribution in [0.15, 0.2) is 22.7 Å². The predicted octanol–water partition coefficient (Wildman–Crippen LogP) is 3.94. The number of anilines is 1. The van der Waals surface area contributed by atoms with Gasteiger partial charge in [0, 0.05) is 17.1 Å². The molecule has 2 rings (SSSR count). The van der Waals surface area contributed by atoms with E-state index in [1.54, 1.807) is 19.1 Å². The zero-order valence-corrected chi connectivity index (χ0v) is 16.5. The van der Waals surface area contributed by atoms with Crippen LogP contribution in [-0.2, 0) is 14.3 Å². The van der Waals surface area contributed by atoms with Gasteiger partial charge < -0.3 is 5.32 Å². The molecular formula is C16H23BrN2O5S. The molecule has 140 valence electrons. The lowest BCUT2D eigenvalue weighted by Crippen LogP contribution is -2.18. The molecule has 0 amide bonds. The van der Waals surface area contributed by atoms with E-state index in [1.165, 1.54) is 6.07 Å². The van der Waals surface area contributed by atoms with Gasteiger partial charge in [0.1, 0.15) is 5.69 Å². The van der Waals surface area contributed by atoms with Crippen LogP contribution in [0.4, 0.5) is 11.4 Å². The highest BCUT2D eigenvalue weighted by atomic mass is 79.9. The standard InChI is InChI=1S/C16H23BrN2O5S/c1-2-25(22,23)24-9-3-4-13(12-5-6-12)11-18-15-10-14(17)7-8-16(15)19(20)21/h7-8,10,12-13,18H,2-6,9,11H2,1H3/t13-/m1/s1. The van der Waals surface area contributed by atoms with E-state index in [-0.39, 0.29) is 18.0 Å². The van der Waals surface area contributed by atoms with Gasteiger partial charge in [-0.1, -0.05) is 15.9 Å². The van der Waals surface area contributed by atoms with E-state index in [1.807, 2.05) is 0 Å². The van der Waals surface area contributed by atoms with Gasteiger partial charge in [-0.3, -0.25) is 14.3 Å². The summed E-state index contributed by atoms with van der Waals surface area (Å²) < 4.78 is 28.4. The fourth-order valence-electron chi connectivity index (χ4n) is 2.74. The van der Waals surface area contributed by atoms with Crippen LogP contribution in [0.1, 0.15) is 32.6 Å². The van der Waals surface area contributed by atoms with Crippen molar-refractivity contribution in [2.75, 3.05) is 24.2 Å². The maximum atomic E-state index is 11.3. The van der Waals surface area contributed by atoms with Crippen molar-refractivity contribution in [3.63, 3.8) is 0 Å². The molecule has 1 aliphatic rings. The molecule has 0 heterocycles. The third-order valence-electron chi connectivity index (χ3n) is 4.33. The molecule has 0 spiro atoms. The first-order valence-corrected chi connectivity index (χ1v) is 10.7. The quantitative estimate of drug-likeness (QED) is 0.245. The normalized spacial score (nSPS) is 15.8. The summed E-state index contributed by atoms with van der Waals surface area (Å²) in [6.45, 7) is 2.37. The molecular weight excluding hydrogens is 412 g/mol. The molecule has 25 heavy (non-hydrogen) atoms. The average molecular weight is 435 g/mol. The van der Waals surface area contributed by atoms with E-state index in [2.05, 4.69) is 21.2 Å². The van der Waals surface area contributed by atoms with Crippen LogP contribution in [0.2, 0.25) is 0 Å². The first kappa shape index (κ1) is 20.1. The molecule has 1 aromatic rings. The number of nitro groups is 1. The van der Waals surface area contributed by atoms with Crippen molar-refractivity contribution in [1.29, 1.82) is 0 Å². The summed E-state index contributed by atoms with van der Waals surface area (Å²) >= 11 is 3.33. The molecule has 1 aliphatic carbocycles. The van der Waals surface area contributed by atoms with Gasteiger partial charge in [0.2, 0.25) is 0 Å². The van der Waals surface area contributed by atoms with Gasteiger partial charge in [0.15, 0.2) is 0 Å². The van der Waals surface area contributed by atoms with Gasteiger partial charge in [0.25, 0.3) is 15.8 Å². The zero-order valence-electron chi connectivity index (χ0n) is 14.1. The fourth-order valence-corrected chi connectivity index (χ4v) is 3.64. The third-order valence-corrected chi connectivity index (χ3v) is 6.06. The topological polar surface area (TPSA) is 98.5 Å². The van der Waals surface area contributed by atoms with E-state index >= 15 is 0 Å². The monoisotopic (exact) mass is 434 g/mol. The molecule has 9 heteroatoms. The second-order valence-corrected chi connectivity index (χ2v) is 9.05. The van der Waals surface area contributed by atoms with Crippen molar-refractivity contribution in [3.8, 4) is 0 Å². The van der Waals surface area contributed by atoms with Crippen LogP contribution in [0.3, 0.4) is 0 Å². The van der Waals surface area contributed by atoms with E-state index < -0.39 is 15.0 Å². The van der Waals surface area contributed by atoms with Crippen molar-refractivity contribution in [2.45, 2.75) is 32.6 Å². The first-order valence-electron chi connectivity index (χ1n) is 8.37. The van der Waals surface area contributed by atoms with Gasteiger partial charge in [-0.25, -0.2) is 0 Å². The highest BCUT2D eigenvalue weighted by molar-refractivity contribution is 9.10. The molecule has 0 aliphatic heterocycles. The minimum absolute atomic E-state index is 0.0207. The van der Waals surface area contributed by atoms with Gasteiger partial charge in [-0.15, -0.1) is 0 Å². The van der Waals surface area contributed by atoms with Gasteiger partial charge in [-0.2, -0.15) is 8.42 Å². The first-order chi connectivity index (χ1) is 11.8. The largest absolute Gasteiger partial charge is 0.379 e. The number of nitro benzene ring substituents is 1. The molecule has 0 bridgehead atoms. The molecule has 0 saturated heterocycles. The van der Waals surface area contributed by atoms with Crippen molar-refractivity contribution < 1.29 is 17.5 Å². The van der Waals surface area contributed by atoms with E-state index in [9.17, 15) is 18.5 Å². The number of nitrogens with one attached hydrogen (secondary N) is 1. The SMILES string of the molecule is CCS(=O)(=O)OCCC[C@H](CNc1cc(Br)ccc1[N+](=O)[O-])C1CC1. The Bertz CT molecular complexity index is 706. The van der Waals surface area contributed by atoms with Crippen molar-refractivity contribution in [1.82, 2.24) is 0 Å². The average Bonchev–Trinajstić information content (AvgIpc) is 3.38. The molecule has 1 atom stereocenters. The maximum Gasteiger partial charge on any atom is 0.292 e. The second kappa shape index (κ2) is 8.95. The van der Waals surface area contributed by atoms with Gasteiger partial charge in [0.05, 0.1) is 17.3 Å². The van der Waals surface area contributed by atoms with Gasteiger partial charge >= 0.3 is 0 Å². The summed E-state index contributed by atoms with van der Waals surface area (Å²) in [4.78, 5) is 10.7. The lowest BCUT2D eigenvalue weighted by molar-refractivity contribution is -0.384. The van der Waals surface area contributed by atoms with Crippen LogP contribution >= 0.6 is 15.9 Å². The van der Waals surface area contributed by atoms with Crippen LogP contribution < -0.4 is 5.32 Å². The lowest BCUT2D eigenvalue weighted by Gasteiger charge is -2.18. The van der Waals surface area contributed by atoms with E-state index in [0.29, 0.717) is 30.5 Å². The molecule has 0 unspecified atom stereocenters. The van der Waals surface area contributed by atoms with Crippen LogP contribution in [0.25, 0.3) is 0 Å². The smallest absolute Gasteiger partial charge is 0.292 e. The van der Waals surface area contributed by atoms with Crippen molar-refractivity contribution in [3.05, 3.63) is 32.8 Å². The lowest BCUT2D eigenvalue weighted by atomic mass is 9.97. The Morgan fingerprint density at radius 1 is 1.44 bits per heavy atom. The van der Waals surface area contributed by atoms with Gasteiger partial charge in [-0.05, 0) is 56.6 Å². The number of nitrogens with zero attached hydrogens (tertiary/aromatic N) is 1. The highest BCUT2D eigenvalue weighted by Crippen LogP contribution is 2.39. The number of rotatable bonds is 11. The Hall–Kier alpha value is -1.19. The Kier molecular flexibility index (Phi) is 7.21. The van der Waals surface area contributed by atoms with Crippen LogP contribution in [-0.4, -0.2) is 32.2 Å². The minimum atomic E-state index is -3.39. The maximum absolute atomic E-state index is 11.3. The number of benzene rings is 1. The summed E-state index contributed by atoms with van der Waals surface area (Å²) in [7, 11) is -3.39. The summed E-state index contributed by atoms with van der Waals surface area (Å²) in [6.07, 6.45) is 3.80. The summed E-state index contributed by atoms with van der Waals surface area (Å²) in [5, 5.41) is 14.3. The van der Waals surface area contributed by atoms with Crippen LogP contribution in [0, 0.1) is 22.0 Å². The molecule has 0 radical (unpaired) electrons. The minimum Gasteiger partial charge on any atom is -0.379 e. The van der Waals surface area contributed by atoms with Crippen molar-refractivity contribution >= 4 is 37.4 Å². The molecule has 1 N–H and O–H groups in total. The van der Waals surface area contributed by atoms with Crippen LogP contribution in [0.5, 0.6) is 0 Å². The van der Waals surface area contributed by atoms with E-state index in [4.69, 9.17) is 4.18 Å². The molecule has 1 aromatic carbocycles. The summed E-state index contributed by atoms with van der Waals surface area (Å²) in [5.74, 6) is 0.931.